The Labute approximate surface area is 168 Å². The average molecular weight is 418 g/mol. The molecule has 9 nitrogen and oxygen atoms in total. The van der Waals surface area contributed by atoms with Crippen LogP contribution in [0.1, 0.15) is 51.1 Å². The minimum Gasteiger partial charge on any atom is -0.460 e. The van der Waals surface area contributed by atoms with Gasteiger partial charge in [0.1, 0.15) is 17.8 Å². The van der Waals surface area contributed by atoms with Gasteiger partial charge in [0.15, 0.2) is 5.69 Å². The van der Waals surface area contributed by atoms with Crippen LogP contribution in [0.4, 0.5) is 8.78 Å². The number of aromatic nitrogens is 3. The van der Waals surface area contributed by atoms with Crippen molar-refractivity contribution in [3.05, 3.63) is 11.4 Å². The molecule has 1 aromatic heterocycles. The fourth-order valence-corrected chi connectivity index (χ4v) is 3.22. The minimum atomic E-state index is -3.44. The zero-order chi connectivity index (χ0) is 22.0. The quantitative estimate of drug-likeness (QED) is 0.670. The topological polar surface area (TPSA) is 95.8 Å². The van der Waals surface area contributed by atoms with E-state index >= 15 is 0 Å². The van der Waals surface area contributed by atoms with Crippen LogP contribution in [0.25, 0.3) is 0 Å². The number of alkyl halides is 2. The zero-order valence-electron chi connectivity index (χ0n) is 17.6. The molecule has 0 saturated heterocycles. The molecule has 164 valence electrons. The molecule has 0 saturated carbocycles. The van der Waals surface area contributed by atoms with Crippen LogP contribution >= 0.6 is 0 Å². The van der Waals surface area contributed by atoms with Gasteiger partial charge in [-0.05, 0) is 20.8 Å². The number of ether oxygens (including phenoxy) is 3. The molecule has 2 heterocycles. The molecule has 2 rings (SSSR count). The lowest BCUT2D eigenvalue weighted by Crippen LogP contribution is -2.48. The number of halogens is 2. The van der Waals surface area contributed by atoms with E-state index in [0.717, 1.165) is 4.90 Å². The number of amides is 1. The number of methoxy groups -OCH3 is 2. The summed E-state index contributed by atoms with van der Waals surface area (Å²) in [5, 5.41) is 7.30. The van der Waals surface area contributed by atoms with Crippen molar-refractivity contribution in [3.8, 4) is 0 Å². The van der Waals surface area contributed by atoms with Gasteiger partial charge in [-0.15, -0.1) is 5.10 Å². The Morgan fingerprint density at radius 1 is 1.21 bits per heavy atom. The predicted octanol–water partition coefficient (Wildman–Crippen LogP) is 1.57. The van der Waals surface area contributed by atoms with Crippen LogP contribution in [-0.2, 0) is 36.8 Å². The van der Waals surface area contributed by atoms with E-state index in [4.69, 9.17) is 14.2 Å². The average Bonchev–Trinajstić information content (AvgIpc) is 2.98. The molecule has 11 heteroatoms. The van der Waals surface area contributed by atoms with Crippen molar-refractivity contribution < 1.29 is 32.6 Å². The van der Waals surface area contributed by atoms with E-state index in [1.807, 2.05) is 0 Å². The van der Waals surface area contributed by atoms with Crippen molar-refractivity contribution in [1.82, 2.24) is 19.9 Å². The highest BCUT2D eigenvalue weighted by Gasteiger charge is 2.47. The van der Waals surface area contributed by atoms with Crippen LogP contribution < -0.4 is 0 Å². The summed E-state index contributed by atoms with van der Waals surface area (Å²) in [5.74, 6) is -4.63. The van der Waals surface area contributed by atoms with E-state index in [-0.39, 0.29) is 25.1 Å². The van der Waals surface area contributed by atoms with Crippen molar-refractivity contribution in [2.45, 2.75) is 57.3 Å². The van der Waals surface area contributed by atoms with E-state index < -0.39 is 47.8 Å². The normalized spacial score (nSPS) is 21.9. The molecule has 1 amide bonds. The molecular formula is C18H28F2N4O5. The predicted molar refractivity (Wildman–Crippen MR) is 97.1 cm³/mol. The Morgan fingerprint density at radius 2 is 1.86 bits per heavy atom. The largest absolute Gasteiger partial charge is 0.460 e. The molecule has 1 aliphatic rings. The van der Waals surface area contributed by atoms with E-state index in [9.17, 15) is 18.4 Å². The van der Waals surface area contributed by atoms with Crippen LogP contribution in [-0.4, -0.2) is 70.8 Å². The summed E-state index contributed by atoms with van der Waals surface area (Å²) in [6.07, 6.45) is -2.09. The molecule has 2 atom stereocenters. The lowest BCUT2D eigenvalue weighted by atomic mass is 10.0. The van der Waals surface area contributed by atoms with Gasteiger partial charge in [-0.3, -0.25) is 9.59 Å². The minimum absolute atomic E-state index is 0.102. The van der Waals surface area contributed by atoms with Gasteiger partial charge >= 0.3 is 11.9 Å². The smallest absolute Gasteiger partial charge is 0.310 e. The lowest BCUT2D eigenvalue weighted by Gasteiger charge is -2.36. The van der Waals surface area contributed by atoms with Crippen molar-refractivity contribution in [2.75, 3.05) is 27.3 Å². The first kappa shape index (κ1) is 23.1. The van der Waals surface area contributed by atoms with Gasteiger partial charge in [-0.2, -0.15) is 8.78 Å². The van der Waals surface area contributed by atoms with Crippen LogP contribution in [0, 0.1) is 0 Å². The molecule has 0 radical (unpaired) electrons. The molecule has 1 aromatic rings. The molecule has 0 aromatic carbocycles. The second kappa shape index (κ2) is 8.70. The maximum Gasteiger partial charge on any atom is 0.310 e. The first-order valence-corrected chi connectivity index (χ1v) is 9.22. The molecule has 0 fully saturated rings. The summed E-state index contributed by atoms with van der Waals surface area (Å²) in [4.78, 5) is 25.5. The van der Waals surface area contributed by atoms with Crippen LogP contribution in [0.3, 0.4) is 0 Å². The summed E-state index contributed by atoms with van der Waals surface area (Å²) in [7, 11) is 4.26. The van der Waals surface area contributed by atoms with Gasteiger partial charge in [0.2, 0.25) is 5.91 Å². The molecule has 29 heavy (non-hydrogen) atoms. The lowest BCUT2D eigenvalue weighted by molar-refractivity contribution is -0.157. The zero-order valence-corrected chi connectivity index (χ0v) is 17.6. The van der Waals surface area contributed by atoms with Gasteiger partial charge in [0.25, 0.3) is 0 Å². The van der Waals surface area contributed by atoms with Crippen molar-refractivity contribution in [2.24, 2.45) is 7.05 Å². The van der Waals surface area contributed by atoms with Crippen molar-refractivity contribution in [1.29, 1.82) is 0 Å². The summed E-state index contributed by atoms with van der Waals surface area (Å²) in [5.41, 5.74) is -1.15. The first-order chi connectivity index (χ1) is 13.4. The highest BCUT2D eigenvalue weighted by atomic mass is 19.3. The molecule has 1 aliphatic heterocycles. The second-order valence-electron chi connectivity index (χ2n) is 7.94. The summed E-state index contributed by atoms with van der Waals surface area (Å²) in [6, 6.07) is 0. The fourth-order valence-electron chi connectivity index (χ4n) is 3.22. The Morgan fingerprint density at radius 3 is 2.41 bits per heavy atom. The monoisotopic (exact) mass is 418 g/mol. The molecule has 0 spiro atoms. The third-order valence-electron chi connectivity index (χ3n) is 4.49. The summed E-state index contributed by atoms with van der Waals surface area (Å²) >= 11 is 0. The second-order valence-corrected chi connectivity index (χ2v) is 7.94. The number of aryl methyl sites for hydroxylation is 1. The molecule has 0 N–H and O–H groups in total. The number of nitrogens with zero attached hydrogens (tertiary/aromatic N) is 4. The van der Waals surface area contributed by atoms with E-state index in [1.54, 1.807) is 20.8 Å². The number of rotatable bonds is 5. The summed E-state index contributed by atoms with van der Waals surface area (Å²) in [6.45, 7) is 4.08. The molecule has 0 unspecified atom stereocenters. The van der Waals surface area contributed by atoms with Crippen LogP contribution in [0.15, 0.2) is 0 Å². The van der Waals surface area contributed by atoms with Gasteiger partial charge in [0.05, 0.1) is 25.2 Å². The maximum absolute atomic E-state index is 14.9. The van der Waals surface area contributed by atoms with Gasteiger partial charge < -0.3 is 19.1 Å². The Kier molecular flexibility index (Phi) is 6.94. The van der Waals surface area contributed by atoms with Crippen LogP contribution in [0.2, 0.25) is 0 Å². The first-order valence-electron chi connectivity index (χ1n) is 9.22. The van der Waals surface area contributed by atoms with Crippen molar-refractivity contribution in [3.63, 3.8) is 0 Å². The van der Waals surface area contributed by atoms with Gasteiger partial charge in [-0.25, -0.2) is 4.68 Å². The highest BCUT2D eigenvalue weighted by Crippen LogP contribution is 2.37. The molecule has 0 bridgehead atoms. The van der Waals surface area contributed by atoms with E-state index in [2.05, 4.69) is 10.3 Å². The molecular weight excluding hydrogens is 390 g/mol. The standard InChI is InChI=1S/C18H28F2N4O5/c1-17(2,3)29-13(26)8-7-12(25)24-9-11(27-5)15(28-6)14-16(18(19,20)10-24)21-22-23(14)4/h11,15H,7-10H2,1-6H3/t11-,15+/m0/s1. The Bertz CT molecular complexity index is 747. The fraction of sp³-hybridized carbons (Fsp3) is 0.778. The van der Waals surface area contributed by atoms with Gasteiger partial charge in [-0.1, -0.05) is 5.21 Å². The Hall–Kier alpha value is -2.14. The van der Waals surface area contributed by atoms with E-state index in [1.165, 1.54) is 25.9 Å². The number of hydrogen-bond donors (Lipinski definition) is 0. The number of fused-ring (bicyclic) bond motifs is 1. The Balaban J connectivity index is 2.24. The highest BCUT2D eigenvalue weighted by molar-refractivity contribution is 5.81. The number of carbonyl (C=O) groups excluding carboxylic acids is 2. The number of carbonyl (C=O) groups is 2. The van der Waals surface area contributed by atoms with E-state index in [0.29, 0.717) is 0 Å². The van der Waals surface area contributed by atoms with Crippen molar-refractivity contribution >= 4 is 11.9 Å². The SMILES string of the molecule is CO[C@H]1CN(C(=O)CCC(=O)OC(C)(C)C)CC(F)(F)c2nnn(C)c2[C@@H]1OC. The number of esters is 1. The molecule has 0 aliphatic carbocycles. The third-order valence-corrected chi connectivity index (χ3v) is 4.49. The third kappa shape index (κ3) is 5.47. The maximum atomic E-state index is 14.9. The van der Waals surface area contributed by atoms with Crippen LogP contribution in [0.5, 0.6) is 0 Å². The number of hydrogen-bond acceptors (Lipinski definition) is 7. The van der Waals surface area contributed by atoms with Gasteiger partial charge in [0, 0.05) is 27.7 Å². The summed E-state index contributed by atoms with van der Waals surface area (Å²) < 4.78 is 47.1.